The number of rotatable bonds is 12. The molecule has 0 aromatic heterocycles. The minimum absolute atomic E-state index is 0.103. The highest BCUT2D eigenvalue weighted by Gasteiger charge is 2.17. The van der Waals surface area contributed by atoms with Crippen molar-refractivity contribution in [3.05, 3.63) is 0 Å². The Morgan fingerprint density at radius 2 is 1.72 bits per heavy atom. The Hall–Kier alpha value is -0.193. The summed E-state index contributed by atoms with van der Waals surface area (Å²) in [6, 6.07) is 0. The highest BCUT2D eigenvalue weighted by Crippen LogP contribution is 2.19. The standard InChI is InChI=1S/C14H31NO2Si/c1-5-9-13(10-12-15-11-6-2)18-14(16-7-3)17-8-4/h11,13-14H,5-10,12,18H2,1-4H3. The summed E-state index contributed by atoms with van der Waals surface area (Å²) in [5, 5.41) is 0. The van der Waals surface area contributed by atoms with Crippen molar-refractivity contribution >= 4 is 15.7 Å². The second-order valence-corrected chi connectivity index (χ2v) is 6.81. The van der Waals surface area contributed by atoms with Crippen LogP contribution in [0.2, 0.25) is 5.54 Å². The molecule has 0 saturated heterocycles. The Balaban J connectivity index is 4.07. The second kappa shape index (κ2) is 13.2. The average molecular weight is 273 g/mol. The van der Waals surface area contributed by atoms with Crippen molar-refractivity contribution in [1.82, 2.24) is 0 Å². The van der Waals surface area contributed by atoms with Gasteiger partial charge in [0.1, 0.15) is 5.91 Å². The molecule has 0 aliphatic heterocycles. The monoisotopic (exact) mass is 273 g/mol. The Morgan fingerprint density at radius 1 is 1.06 bits per heavy atom. The van der Waals surface area contributed by atoms with Crippen LogP contribution in [0, 0.1) is 0 Å². The highest BCUT2D eigenvalue weighted by molar-refractivity contribution is 6.38. The van der Waals surface area contributed by atoms with E-state index in [2.05, 4.69) is 18.8 Å². The second-order valence-electron chi connectivity index (χ2n) is 4.52. The van der Waals surface area contributed by atoms with Crippen LogP contribution < -0.4 is 0 Å². The predicted octanol–water partition coefficient (Wildman–Crippen LogP) is 2.97. The van der Waals surface area contributed by atoms with Crippen LogP contribution in [0.4, 0.5) is 0 Å². The maximum Gasteiger partial charge on any atom is 0.135 e. The summed E-state index contributed by atoms with van der Waals surface area (Å²) < 4.78 is 11.4. The quantitative estimate of drug-likeness (QED) is 0.311. The first-order valence-electron chi connectivity index (χ1n) is 7.49. The van der Waals surface area contributed by atoms with E-state index in [1.54, 1.807) is 0 Å². The van der Waals surface area contributed by atoms with Crippen LogP contribution in [0.5, 0.6) is 0 Å². The molecule has 0 spiro atoms. The van der Waals surface area contributed by atoms with Crippen LogP contribution in [-0.2, 0) is 9.47 Å². The molecule has 0 aliphatic carbocycles. The fraction of sp³-hybridized carbons (Fsp3) is 0.929. The Kier molecular flexibility index (Phi) is 13.1. The zero-order valence-electron chi connectivity index (χ0n) is 12.7. The Labute approximate surface area is 115 Å². The molecule has 0 heterocycles. The molecule has 108 valence electrons. The van der Waals surface area contributed by atoms with Crippen molar-refractivity contribution in [1.29, 1.82) is 0 Å². The van der Waals surface area contributed by atoms with Crippen molar-refractivity contribution < 1.29 is 9.47 Å². The first-order valence-corrected chi connectivity index (χ1v) is 9.13. The van der Waals surface area contributed by atoms with E-state index in [1.807, 2.05) is 20.1 Å². The molecule has 0 aromatic rings. The van der Waals surface area contributed by atoms with Gasteiger partial charge in [0, 0.05) is 19.8 Å². The van der Waals surface area contributed by atoms with Gasteiger partial charge in [-0.3, -0.25) is 4.99 Å². The summed E-state index contributed by atoms with van der Waals surface area (Å²) >= 11 is 0. The van der Waals surface area contributed by atoms with E-state index >= 15 is 0 Å². The molecule has 0 fully saturated rings. The molecular formula is C14H31NO2Si. The molecule has 4 heteroatoms. The van der Waals surface area contributed by atoms with E-state index in [-0.39, 0.29) is 15.4 Å². The van der Waals surface area contributed by atoms with Gasteiger partial charge in [-0.25, -0.2) is 0 Å². The Bertz CT molecular complexity index is 194. The molecule has 18 heavy (non-hydrogen) atoms. The molecule has 0 rings (SSSR count). The zero-order chi connectivity index (χ0) is 13.6. The zero-order valence-corrected chi connectivity index (χ0v) is 14.1. The van der Waals surface area contributed by atoms with Crippen molar-refractivity contribution in [2.45, 2.75) is 64.8 Å². The molecule has 0 radical (unpaired) electrons. The van der Waals surface area contributed by atoms with Crippen LogP contribution in [0.15, 0.2) is 4.99 Å². The summed E-state index contributed by atoms with van der Waals surface area (Å²) in [5.41, 5.74) is 0.798. The van der Waals surface area contributed by atoms with Gasteiger partial charge in [0.2, 0.25) is 0 Å². The molecule has 0 N–H and O–H groups in total. The molecular weight excluding hydrogens is 242 g/mol. The van der Waals surface area contributed by atoms with E-state index in [1.165, 1.54) is 19.3 Å². The van der Waals surface area contributed by atoms with Crippen LogP contribution >= 0.6 is 0 Å². The minimum atomic E-state index is -0.346. The normalized spacial score (nSPS) is 14.3. The first kappa shape index (κ1) is 17.8. The van der Waals surface area contributed by atoms with E-state index < -0.39 is 0 Å². The van der Waals surface area contributed by atoms with Crippen molar-refractivity contribution in [2.24, 2.45) is 4.99 Å². The minimum Gasteiger partial charge on any atom is -0.357 e. The summed E-state index contributed by atoms with van der Waals surface area (Å²) in [7, 11) is -0.346. The van der Waals surface area contributed by atoms with E-state index in [0.717, 1.165) is 31.7 Å². The average Bonchev–Trinajstić information content (AvgIpc) is 2.35. The van der Waals surface area contributed by atoms with Gasteiger partial charge in [-0.2, -0.15) is 0 Å². The fourth-order valence-electron chi connectivity index (χ4n) is 2.09. The van der Waals surface area contributed by atoms with Crippen LogP contribution in [-0.4, -0.2) is 41.4 Å². The van der Waals surface area contributed by atoms with Gasteiger partial charge in [0.15, 0.2) is 0 Å². The molecule has 1 unspecified atom stereocenters. The summed E-state index contributed by atoms with van der Waals surface area (Å²) in [6.07, 6.45) is 6.81. The van der Waals surface area contributed by atoms with E-state index in [0.29, 0.717) is 0 Å². The largest absolute Gasteiger partial charge is 0.357 e. The number of nitrogens with zero attached hydrogens (tertiary/aromatic N) is 1. The van der Waals surface area contributed by atoms with E-state index in [9.17, 15) is 0 Å². The van der Waals surface area contributed by atoms with Gasteiger partial charge in [0.05, 0.1) is 9.52 Å². The third-order valence-electron chi connectivity index (χ3n) is 2.91. The van der Waals surface area contributed by atoms with Gasteiger partial charge in [-0.05, 0) is 38.4 Å². The molecule has 3 nitrogen and oxygen atoms in total. The third kappa shape index (κ3) is 9.80. The predicted molar refractivity (Wildman–Crippen MR) is 82.5 cm³/mol. The Morgan fingerprint density at radius 3 is 2.22 bits per heavy atom. The number of ether oxygens (including phenoxy) is 2. The van der Waals surface area contributed by atoms with Crippen molar-refractivity contribution in [3.63, 3.8) is 0 Å². The highest BCUT2D eigenvalue weighted by atomic mass is 28.2. The lowest BCUT2D eigenvalue weighted by Crippen LogP contribution is -2.28. The maximum atomic E-state index is 5.69. The smallest absolute Gasteiger partial charge is 0.135 e. The lowest BCUT2D eigenvalue weighted by Gasteiger charge is -2.22. The first-order chi connectivity index (χ1) is 8.78. The number of hydrogen-bond acceptors (Lipinski definition) is 3. The SMILES string of the molecule is CCC=NCCC(CCC)[SiH2]C(OCC)OCC. The summed E-state index contributed by atoms with van der Waals surface area (Å²) in [4.78, 5) is 4.43. The summed E-state index contributed by atoms with van der Waals surface area (Å²) in [6.45, 7) is 10.9. The molecule has 0 aromatic carbocycles. The van der Waals surface area contributed by atoms with Gasteiger partial charge in [0.25, 0.3) is 0 Å². The van der Waals surface area contributed by atoms with Crippen LogP contribution in [0.25, 0.3) is 0 Å². The molecule has 0 saturated carbocycles. The lowest BCUT2D eigenvalue weighted by molar-refractivity contribution is -0.0834. The molecule has 0 aliphatic rings. The van der Waals surface area contributed by atoms with Gasteiger partial charge in [-0.15, -0.1) is 0 Å². The van der Waals surface area contributed by atoms with Crippen molar-refractivity contribution in [2.75, 3.05) is 19.8 Å². The van der Waals surface area contributed by atoms with Crippen LogP contribution in [0.1, 0.15) is 53.4 Å². The fourth-order valence-corrected chi connectivity index (χ4v) is 4.44. The summed E-state index contributed by atoms with van der Waals surface area (Å²) in [5.74, 6) is 0.103. The third-order valence-corrected chi connectivity index (χ3v) is 5.25. The maximum absolute atomic E-state index is 5.69. The van der Waals surface area contributed by atoms with Gasteiger partial charge in [-0.1, -0.05) is 26.7 Å². The molecule has 0 amide bonds. The lowest BCUT2D eigenvalue weighted by atomic mass is 10.2. The molecule has 0 bridgehead atoms. The number of aliphatic imine (C=N–C) groups is 1. The van der Waals surface area contributed by atoms with Gasteiger partial charge >= 0.3 is 0 Å². The van der Waals surface area contributed by atoms with Crippen LogP contribution in [0.3, 0.4) is 0 Å². The molecule has 1 atom stereocenters. The number of hydrogen-bond donors (Lipinski definition) is 0. The van der Waals surface area contributed by atoms with Gasteiger partial charge < -0.3 is 9.47 Å². The van der Waals surface area contributed by atoms with Crippen molar-refractivity contribution in [3.8, 4) is 0 Å². The van der Waals surface area contributed by atoms with E-state index in [4.69, 9.17) is 9.47 Å². The topological polar surface area (TPSA) is 30.8 Å².